The minimum atomic E-state index is -0.337. The quantitative estimate of drug-likeness (QED) is 0.802. The van der Waals surface area contributed by atoms with E-state index in [0.717, 1.165) is 36.7 Å². The summed E-state index contributed by atoms with van der Waals surface area (Å²) in [5.74, 6) is 0.122. The largest absolute Gasteiger partial charge is 0.353 e. The van der Waals surface area contributed by atoms with Gasteiger partial charge in [0.15, 0.2) is 5.11 Å². The third-order valence-electron chi connectivity index (χ3n) is 4.64. The first-order valence-corrected chi connectivity index (χ1v) is 9.02. The monoisotopic (exact) mass is 347 g/mol. The van der Waals surface area contributed by atoms with Crippen LogP contribution in [0.2, 0.25) is 0 Å². The van der Waals surface area contributed by atoms with Gasteiger partial charge in [0.2, 0.25) is 5.91 Å². The van der Waals surface area contributed by atoms with E-state index in [9.17, 15) is 4.79 Å². The van der Waals surface area contributed by atoms with Crippen molar-refractivity contribution < 1.29 is 4.79 Å². The summed E-state index contributed by atoms with van der Waals surface area (Å²) >= 11 is 5.57. The van der Waals surface area contributed by atoms with Gasteiger partial charge in [-0.25, -0.2) is 0 Å². The number of hydrogen-bond donors (Lipinski definition) is 2. The number of nitrogens with zero attached hydrogens (tertiary/aromatic N) is 1. The summed E-state index contributed by atoms with van der Waals surface area (Å²) in [5, 5.41) is 7.29. The summed E-state index contributed by atoms with van der Waals surface area (Å²) in [6, 6.07) is 6.45. The minimum Gasteiger partial charge on any atom is -0.353 e. The van der Waals surface area contributed by atoms with Crippen molar-refractivity contribution in [2.24, 2.45) is 5.41 Å². The highest BCUT2D eigenvalue weighted by Crippen LogP contribution is 2.20. The Kier molecular flexibility index (Phi) is 5.86. The molecule has 4 nitrogen and oxygen atoms in total. The second-order valence-electron chi connectivity index (χ2n) is 7.66. The smallest absolute Gasteiger partial charge is 0.225 e. The van der Waals surface area contributed by atoms with Crippen LogP contribution >= 0.6 is 12.2 Å². The van der Waals surface area contributed by atoms with Crippen molar-refractivity contribution in [3.8, 4) is 0 Å². The predicted molar refractivity (Wildman–Crippen MR) is 104 cm³/mol. The number of likely N-dealkylation sites (tertiary alicyclic amines) is 1. The van der Waals surface area contributed by atoms with Crippen molar-refractivity contribution in [2.45, 2.75) is 53.5 Å². The Bertz CT molecular complexity index is 614. The topological polar surface area (TPSA) is 44.4 Å². The fourth-order valence-corrected chi connectivity index (χ4v) is 3.00. The summed E-state index contributed by atoms with van der Waals surface area (Å²) in [6.07, 6.45) is 1.85. The first-order valence-electron chi connectivity index (χ1n) is 8.61. The van der Waals surface area contributed by atoms with Gasteiger partial charge in [0.05, 0.1) is 0 Å². The average molecular weight is 348 g/mol. The molecule has 2 rings (SSSR count). The van der Waals surface area contributed by atoms with E-state index in [-0.39, 0.29) is 17.4 Å². The van der Waals surface area contributed by atoms with Crippen molar-refractivity contribution in [3.05, 3.63) is 29.3 Å². The van der Waals surface area contributed by atoms with Crippen LogP contribution in [0.5, 0.6) is 0 Å². The molecule has 24 heavy (non-hydrogen) atoms. The number of anilines is 1. The molecule has 5 heteroatoms. The van der Waals surface area contributed by atoms with Crippen LogP contribution in [0.1, 0.15) is 44.7 Å². The summed E-state index contributed by atoms with van der Waals surface area (Å²) in [6.45, 7) is 11.8. The van der Waals surface area contributed by atoms with Crippen LogP contribution in [0.3, 0.4) is 0 Å². The zero-order valence-corrected chi connectivity index (χ0v) is 16.2. The molecule has 1 saturated heterocycles. The van der Waals surface area contributed by atoms with Gasteiger partial charge in [-0.1, -0.05) is 32.9 Å². The normalized spacial score (nSPS) is 16.0. The molecule has 1 amide bonds. The maximum atomic E-state index is 12.1. The molecule has 0 atom stereocenters. The number of carbonyl (C=O) groups is 1. The molecular formula is C19H29N3OS. The summed E-state index contributed by atoms with van der Waals surface area (Å²) < 4.78 is 0. The molecule has 0 saturated carbocycles. The number of carbonyl (C=O) groups excluding carboxylic acids is 1. The van der Waals surface area contributed by atoms with Gasteiger partial charge in [0, 0.05) is 30.2 Å². The van der Waals surface area contributed by atoms with Crippen LogP contribution in [0, 0.1) is 19.3 Å². The summed E-state index contributed by atoms with van der Waals surface area (Å²) in [4.78, 5) is 14.3. The molecule has 1 aliphatic heterocycles. The van der Waals surface area contributed by atoms with Gasteiger partial charge in [0.25, 0.3) is 0 Å². The Balaban J connectivity index is 1.87. The fourth-order valence-electron chi connectivity index (χ4n) is 2.71. The van der Waals surface area contributed by atoms with Crippen LogP contribution in [0.4, 0.5) is 5.69 Å². The number of thiocarbonyl (C=S) groups is 1. The molecule has 0 unspecified atom stereocenters. The van der Waals surface area contributed by atoms with E-state index in [1.54, 1.807) is 0 Å². The first-order chi connectivity index (χ1) is 11.2. The second kappa shape index (κ2) is 7.51. The highest BCUT2D eigenvalue weighted by Gasteiger charge is 2.27. The number of aryl methyl sites for hydroxylation is 1. The highest BCUT2D eigenvalue weighted by atomic mass is 32.1. The van der Waals surface area contributed by atoms with E-state index in [0.29, 0.717) is 0 Å². The lowest BCUT2D eigenvalue weighted by atomic mass is 9.94. The van der Waals surface area contributed by atoms with Crippen molar-refractivity contribution in [2.75, 3.05) is 18.4 Å². The van der Waals surface area contributed by atoms with Crippen LogP contribution < -0.4 is 10.6 Å². The van der Waals surface area contributed by atoms with Gasteiger partial charge >= 0.3 is 0 Å². The van der Waals surface area contributed by atoms with E-state index >= 15 is 0 Å². The molecule has 1 heterocycles. The van der Waals surface area contributed by atoms with E-state index in [1.165, 1.54) is 11.1 Å². The Hall–Kier alpha value is -1.62. The van der Waals surface area contributed by atoms with Crippen molar-refractivity contribution in [1.82, 2.24) is 10.2 Å². The van der Waals surface area contributed by atoms with E-state index in [2.05, 4.69) is 41.5 Å². The molecule has 1 fully saturated rings. The third kappa shape index (κ3) is 4.69. The number of rotatable bonds is 2. The van der Waals surface area contributed by atoms with Gasteiger partial charge in [-0.3, -0.25) is 4.79 Å². The SMILES string of the molecule is Cc1cccc(NC(=S)N2CCC(NC(=O)C(C)(C)C)CC2)c1C. The highest BCUT2D eigenvalue weighted by molar-refractivity contribution is 7.80. The minimum absolute atomic E-state index is 0.122. The van der Waals surface area contributed by atoms with Gasteiger partial charge in [0.1, 0.15) is 0 Å². The molecular weight excluding hydrogens is 318 g/mol. The molecule has 1 aliphatic rings. The van der Waals surface area contributed by atoms with Crippen LogP contribution in [0.25, 0.3) is 0 Å². The lowest BCUT2D eigenvalue weighted by molar-refractivity contribution is -0.129. The number of hydrogen-bond acceptors (Lipinski definition) is 2. The number of nitrogens with one attached hydrogen (secondary N) is 2. The fraction of sp³-hybridized carbons (Fsp3) is 0.579. The van der Waals surface area contributed by atoms with Gasteiger partial charge in [-0.05, 0) is 56.1 Å². The molecule has 0 spiro atoms. The standard InChI is InChI=1S/C19H29N3OS/c1-13-7-6-8-16(14(13)2)21-18(24)22-11-9-15(10-12-22)20-17(23)19(3,4)5/h6-8,15H,9-12H2,1-5H3,(H,20,23)(H,21,24). The summed E-state index contributed by atoms with van der Waals surface area (Å²) in [5.41, 5.74) is 3.22. The Morgan fingerprint density at radius 2 is 1.83 bits per heavy atom. The Morgan fingerprint density at radius 3 is 2.42 bits per heavy atom. The third-order valence-corrected chi connectivity index (χ3v) is 5.01. The van der Waals surface area contributed by atoms with E-state index < -0.39 is 0 Å². The number of piperidine rings is 1. The van der Waals surface area contributed by atoms with Crippen molar-refractivity contribution >= 4 is 28.9 Å². The molecule has 1 aromatic carbocycles. The Labute approximate surface area is 151 Å². The molecule has 0 aliphatic carbocycles. The molecule has 0 bridgehead atoms. The van der Waals surface area contributed by atoms with Crippen LogP contribution in [-0.4, -0.2) is 35.1 Å². The lowest BCUT2D eigenvalue weighted by Gasteiger charge is -2.35. The molecule has 0 radical (unpaired) electrons. The van der Waals surface area contributed by atoms with Crippen LogP contribution in [0.15, 0.2) is 18.2 Å². The maximum Gasteiger partial charge on any atom is 0.225 e. The molecule has 2 N–H and O–H groups in total. The molecule has 0 aromatic heterocycles. The zero-order chi connectivity index (χ0) is 17.9. The van der Waals surface area contributed by atoms with Gasteiger partial charge in [-0.2, -0.15) is 0 Å². The second-order valence-corrected chi connectivity index (χ2v) is 8.05. The van der Waals surface area contributed by atoms with Gasteiger partial charge in [-0.15, -0.1) is 0 Å². The van der Waals surface area contributed by atoms with Crippen LogP contribution in [-0.2, 0) is 4.79 Å². The van der Waals surface area contributed by atoms with Crippen molar-refractivity contribution in [3.63, 3.8) is 0 Å². The number of amides is 1. The maximum absolute atomic E-state index is 12.1. The lowest BCUT2D eigenvalue weighted by Crippen LogP contribution is -2.49. The van der Waals surface area contributed by atoms with Crippen molar-refractivity contribution in [1.29, 1.82) is 0 Å². The number of benzene rings is 1. The summed E-state index contributed by atoms with van der Waals surface area (Å²) in [7, 11) is 0. The van der Waals surface area contributed by atoms with E-state index in [4.69, 9.17) is 12.2 Å². The van der Waals surface area contributed by atoms with E-state index in [1.807, 2.05) is 26.8 Å². The van der Waals surface area contributed by atoms with Gasteiger partial charge < -0.3 is 15.5 Å². The molecule has 1 aromatic rings. The molecule has 132 valence electrons. The average Bonchev–Trinajstić information content (AvgIpc) is 2.51. The zero-order valence-electron chi connectivity index (χ0n) is 15.4. The predicted octanol–water partition coefficient (Wildman–Crippen LogP) is 3.63. The first kappa shape index (κ1) is 18.7. The Morgan fingerprint density at radius 1 is 1.21 bits per heavy atom.